The Labute approximate surface area is 238 Å². The van der Waals surface area contributed by atoms with Gasteiger partial charge in [0.05, 0.1) is 0 Å². The molecule has 0 fully saturated rings. The fourth-order valence-corrected chi connectivity index (χ4v) is 4.41. The highest BCUT2D eigenvalue weighted by Crippen LogP contribution is 2.35. The average Bonchev–Trinajstić information content (AvgIpc) is 3.01. The topological polar surface area (TPSA) is 3.24 Å². The molecule has 0 heterocycles. The Kier molecular flexibility index (Phi) is 8.99. The van der Waals surface area contributed by atoms with Crippen molar-refractivity contribution in [1.29, 1.82) is 0 Å². The summed E-state index contributed by atoms with van der Waals surface area (Å²) in [4.78, 5) is 2.30. The summed E-state index contributed by atoms with van der Waals surface area (Å²) in [5, 5.41) is 0. The standard InChI is InChI=1S/C39H33N/c1-32-20-26-37(27-21-32)40(38-28-22-35(23-29-38)18-10-8-16-33-12-4-2-5-13-33)39-30-24-36(25-31-39)19-11-9-17-34-14-6-3-7-15-34/h2-31H,1H3/b16-8+,17-9+,18-10+,19-11+. The lowest BCUT2D eigenvalue weighted by Gasteiger charge is -2.26. The minimum Gasteiger partial charge on any atom is -0.311 e. The number of hydrogen-bond donors (Lipinski definition) is 0. The van der Waals surface area contributed by atoms with Crippen LogP contribution in [0.1, 0.15) is 27.8 Å². The number of hydrogen-bond acceptors (Lipinski definition) is 1. The number of allylic oxidation sites excluding steroid dienone is 4. The van der Waals surface area contributed by atoms with Crippen LogP contribution in [0.3, 0.4) is 0 Å². The molecule has 0 radical (unpaired) electrons. The van der Waals surface area contributed by atoms with Gasteiger partial charge in [-0.1, -0.05) is 151 Å². The van der Waals surface area contributed by atoms with Gasteiger partial charge >= 0.3 is 0 Å². The number of rotatable bonds is 9. The van der Waals surface area contributed by atoms with Gasteiger partial charge in [0.2, 0.25) is 0 Å². The van der Waals surface area contributed by atoms with E-state index in [-0.39, 0.29) is 0 Å². The van der Waals surface area contributed by atoms with Crippen molar-refractivity contribution in [3.63, 3.8) is 0 Å². The van der Waals surface area contributed by atoms with Crippen LogP contribution in [-0.2, 0) is 0 Å². The van der Waals surface area contributed by atoms with E-state index in [9.17, 15) is 0 Å². The molecule has 5 aromatic carbocycles. The minimum atomic E-state index is 1.12. The largest absolute Gasteiger partial charge is 0.311 e. The zero-order chi connectivity index (χ0) is 27.4. The molecule has 0 atom stereocenters. The molecule has 0 amide bonds. The van der Waals surface area contributed by atoms with Gasteiger partial charge in [-0.2, -0.15) is 0 Å². The lowest BCUT2D eigenvalue weighted by Crippen LogP contribution is -2.09. The van der Waals surface area contributed by atoms with Gasteiger partial charge in [-0.3, -0.25) is 0 Å². The smallest absolute Gasteiger partial charge is 0.0462 e. The Morgan fingerprint density at radius 2 is 0.650 bits per heavy atom. The zero-order valence-electron chi connectivity index (χ0n) is 22.8. The molecule has 0 N–H and O–H groups in total. The van der Waals surface area contributed by atoms with E-state index in [1.54, 1.807) is 0 Å². The van der Waals surface area contributed by atoms with Gasteiger partial charge in [0.15, 0.2) is 0 Å². The SMILES string of the molecule is Cc1ccc(N(c2ccc(/C=C/C=C/c3ccccc3)cc2)c2ccc(/C=C/C=C/c3ccccc3)cc2)cc1. The van der Waals surface area contributed by atoms with Crippen LogP contribution in [0.4, 0.5) is 17.1 Å². The molecule has 0 bridgehead atoms. The molecular formula is C39H33N. The predicted octanol–water partition coefficient (Wildman–Crippen LogP) is 10.9. The average molecular weight is 516 g/mol. The maximum atomic E-state index is 2.30. The Bertz CT molecular complexity index is 1480. The first kappa shape index (κ1) is 26.5. The molecule has 0 saturated carbocycles. The molecule has 1 heteroatoms. The van der Waals surface area contributed by atoms with Gasteiger partial charge < -0.3 is 4.90 Å². The summed E-state index contributed by atoms with van der Waals surface area (Å²) in [5.41, 5.74) is 9.34. The molecular weight excluding hydrogens is 482 g/mol. The fraction of sp³-hybridized carbons (Fsp3) is 0.0256. The Balaban J connectivity index is 1.33. The van der Waals surface area contributed by atoms with E-state index in [1.165, 1.54) is 16.7 Å². The molecule has 0 unspecified atom stereocenters. The van der Waals surface area contributed by atoms with Gasteiger partial charge in [-0.05, 0) is 65.6 Å². The fourth-order valence-electron chi connectivity index (χ4n) is 4.41. The molecule has 0 aliphatic carbocycles. The molecule has 0 aliphatic heterocycles. The highest BCUT2D eigenvalue weighted by molar-refractivity contribution is 5.78. The molecule has 5 aromatic rings. The van der Waals surface area contributed by atoms with Crippen LogP contribution in [0.25, 0.3) is 24.3 Å². The van der Waals surface area contributed by atoms with Crippen LogP contribution in [0.2, 0.25) is 0 Å². The van der Waals surface area contributed by atoms with Crippen LogP contribution >= 0.6 is 0 Å². The summed E-state index contributed by atoms with van der Waals surface area (Å²) < 4.78 is 0. The van der Waals surface area contributed by atoms with Crippen LogP contribution in [0.5, 0.6) is 0 Å². The quantitative estimate of drug-likeness (QED) is 0.176. The van der Waals surface area contributed by atoms with Gasteiger partial charge in [0, 0.05) is 17.1 Å². The van der Waals surface area contributed by atoms with Gasteiger partial charge in [0.1, 0.15) is 0 Å². The summed E-state index contributed by atoms with van der Waals surface area (Å²) in [6, 6.07) is 46.8. The summed E-state index contributed by atoms with van der Waals surface area (Å²) in [6.45, 7) is 2.12. The Morgan fingerprint density at radius 3 is 1.00 bits per heavy atom. The van der Waals surface area contributed by atoms with Crippen LogP contribution < -0.4 is 4.90 Å². The van der Waals surface area contributed by atoms with E-state index in [0.717, 1.165) is 28.2 Å². The third-order valence-electron chi connectivity index (χ3n) is 6.57. The van der Waals surface area contributed by atoms with Gasteiger partial charge in [-0.25, -0.2) is 0 Å². The zero-order valence-corrected chi connectivity index (χ0v) is 22.8. The highest BCUT2D eigenvalue weighted by Gasteiger charge is 2.12. The maximum Gasteiger partial charge on any atom is 0.0462 e. The highest BCUT2D eigenvalue weighted by atomic mass is 15.1. The summed E-state index contributed by atoms with van der Waals surface area (Å²) in [6.07, 6.45) is 16.8. The van der Waals surface area contributed by atoms with Crippen molar-refractivity contribution in [3.8, 4) is 0 Å². The van der Waals surface area contributed by atoms with Crippen LogP contribution in [0, 0.1) is 6.92 Å². The molecule has 0 spiro atoms. The normalized spacial score (nSPS) is 11.7. The van der Waals surface area contributed by atoms with Crippen molar-refractivity contribution in [2.24, 2.45) is 0 Å². The Morgan fingerprint density at radius 1 is 0.350 bits per heavy atom. The second-order valence-electron chi connectivity index (χ2n) is 9.61. The Hall–Kier alpha value is -5.14. The van der Waals surface area contributed by atoms with E-state index in [1.807, 2.05) is 12.1 Å². The lowest BCUT2D eigenvalue weighted by molar-refractivity contribution is 1.27. The van der Waals surface area contributed by atoms with Crippen molar-refractivity contribution in [2.45, 2.75) is 6.92 Å². The van der Waals surface area contributed by atoms with E-state index in [0.29, 0.717) is 0 Å². The first-order valence-corrected chi connectivity index (χ1v) is 13.6. The van der Waals surface area contributed by atoms with Crippen molar-refractivity contribution in [2.75, 3.05) is 4.90 Å². The molecule has 0 saturated heterocycles. The lowest BCUT2D eigenvalue weighted by atomic mass is 10.1. The number of benzene rings is 5. The van der Waals surface area contributed by atoms with Crippen LogP contribution in [0.15, 0.2) is 158 Å². The van der Waals surface area contributed by atoms with Crippen molar-refractivity contribution >= 4 is 41.4 Å². The summed E-state index contributed by atoms with van der Waals surface area (Å²) in [5.74, 6) is 0. The van der Waals surface area contributed by atoms with E-state index < -0.39 is 0 Å². The molecule has 194 valence electrons. The monoisotopic (exact) mass is 515 g/mol. The third-order valence-corrected chi connectivity index (χ3v) is 6.57. The molecule has 0 aromatic heterocycles. The second-order valence-corrected chi connectivity index (χ2v) is 9.61. The number of aryl methyl sites for hydroxylation is 1. The molecule has 0 aliphatic rings. The maximum absolute atomic E-state index is 2.30. The van der Waals surface area contributed by atoms with Crippen LogP contribution in [-0.4, -0.2) is 0 Å². The molecule has 5 rings (SSSR count). The van der Waals surface area contributed by atoms with E-state index in [4.69, 9.17) is 0 Å². The number of nitrogens with zero attached hydrogens (tertiary/aromatic N) is 1. The van der Waals surface area contributed by atoms with Gasteiger partial charge in [0.25, 0.3) is 0 Å². The number of anilines is 3. The summed E-state index contributed by atoms with van der Waals surface area (Å²) >= 11 is 0. The van der Waals surface area contributed by atoms with Crippen molar-refractivity contribution in [3.05, 3.63) is 186 Å². The molecule has 40 heavy (non-hydrogen) atoms. The van der Waals surface area contributed by atoms with E-state index in [2.05, 4.69) is 182 Å². The van der Waals surface area contributed by atoms with Gasteiger partial charge in [-0.15, -0.1) is 0 Å². The second kappa shape index (κ2) is 13.6. The first-order chi connectivity index (χ1) is 19.7. The minimum absolute atomic E-state index is 1.12. The predicted molar refractivity (Wildman–Crippen MR) is 175 cm³/mol. The third kappa shape index (κ3) is 7.46. The van der Waals surface area contributed by atoms with Crippen molar-refractivity contribution < 1.29 is 0 Å². The van der Waals surface area contributed by atoms with E-state index >= 15 is 0 Å². The first-order valence-electron chi connectivity index (χ1n) is 13.6. The molecule has 1 nitrogen and oxygen atoms in total. The van der Waals surface area contributed by atoms with Crippen molar-refractivity contribution in [1.82, 2.24) is 0 Å². The summed E-state index contributed by atoms with van der Waals surface area (Å²) in [7, 11) is 0.